The highest BCUT2D eigenvalue weighted by Gasteiger charge is 2.24. The largest absolute Gasteiger partial charge is 0.321 e. The number of hydrogen-bond donors (Lipinski definition) is 2. The lowest BCUT2D eigenvalue weighted by Gasteiger charge is -2.26. The van der Waals surface area contributed by atoms with E-state index in [-0.39, 0.29) is 22.2 Å². The van der Waals surface area contributed by atoms with Crippen LogP contribution < -0.4 is 15.5 Å². The van der Waals surface area contributed by atoms with Crippen LogP contribution in [0.2, 0.25) is 5.02 Å². The minimum absolute atomic E-state index is 0.0341. The molecule has 0 bridgehead atoms. The number of amides is 3. The minimum Gasteiger partial charge on any atom is -0.321 e. The van der Waals surface area contributed by atoms with Crippen molar-refractivity contribution in [2.75, 3.05) is 10.2 Å². The molecule has 46 heavy (non-hydrogen) atoms. The second-order valence-corrected chi connectivity index (χ2v) is 11.9. The number of anilines is 3. The summed E-state index contributed by atoms with van der Waals surface area (Å²) in [5.41, 5.74) is 2.06. The van der Waals surface area contributed by atoms with E-state index in [9.17, 15) is 18.8 Å². The zero-order chi connectivity index (χ0) is 32.5. The average molecular weight is 650 g/mol. The van der Waals surface area contributed by atoms with Crippen molar-refractivity contribution in [1.82, 2.24) is 5.32 Å². The topological polar surface area (TPSA) is 78.5 Å². The van der Waals surface area contributed by atoms with E-state index in [4.69, 9.17) is 11.6 Å². The van der Waals surface area contributed by atoms with E-state index in [0.717, 1.165) is 16.3 Å². The van der Waals surface area contributed by atoms with Gasteiger partial charge in [-0.1, -0.05) is 72.3 Å². The first-order valence-electron chi connectivity index (χ1n) is 14.3. The Morgan fingerprint density at radius 3 is 1.89 bits per heavy atom. The molecule has 0 aromatic heterocycles. The summed E-state index contributed by atoms with van der Waals surface area (Å²) in [7, 11) is 0. The summed E-state index contributed by atoms with van der Waals surface area (Å²) in [5, 5.41) is 4.98. The summed E-state index contributed by atoms with van der Waals surface area (Å²) in [4.78, 5) is 42.5. The lowest BCUT2D eigenvalue weighted by Crippen LogP contribution is -2.32. The molecule has 0 heterocycles. The number of nitrogens with zero attached hydrogens (tertiary/aromatic N) is 1. The van der Waals surface area contributed by atoms with E-state index in [2.05, 4.69) is 10.6 Å². The molecule has 0 fully saturated rings. The number of carbonyl (C=O) groups excluding carboxylic acids is 3. The van der Waals surface area contributed by atoms with E-state index in [1.54, 1.807) is 59.5 Å². The molecule has 9 heteroatoms. The second-order valence-electron chi connectivity index (χ2n) is 10.1. The van der Waals surface area contributed by atoms with Crippen molar-refractivity contribution in [2.24, 2.45) is 0 Å². The molecule has 1 atom stereocenters. The third-order valence-corrected chi connectivity index (χ3v) is 8.27. The van der Waals surface area contributed by atoms with Gasteiger partial charge >= 0.3 is 0 Å². The van der Waals surface area contributed by atoms with Gasteiger partial charge in [-0.2, -0.15) is 0 Å². The predicted molar refractivity (Wildman–Crippen MR) is 184 cm³/mol. The third-order valence-electron chi connectivity index (χ3n) is 6.84. The molecule has 0 radical (unpaired) electrons. The van der Waals surface area contributed by atoms with Crippen LogP contribution in [0.25, 0.3) is 6.08 Å². The number of benzene rings is 5. The standard InChI is InChI=1S/C37H29ClFN3O3S/c1-25(37(45)42(28-14-7-3-8-15-28)29-16-9-4-10-17-29)46-30-22-20-27(21-23-30)40-36(44)34(24-31-32(38)18-11-19-33(31)39)41-35(43)26-12-5-2-6-13-26/h2-25H,1H3,(H,40,44)(H,41,43)/b34-24-. The van der Waals surface area contributed by atoms with Crippen LogP contribution in [0.4, 0.5) is 21.5 Å². The number of carbonyl (C=O) groups is 3. The van der Waals surface area contributed by atoms with Crippen LogP contribution >= 0.6 is 23.4 Å². The Balaban J connectivity index is 1.32. The van der Waals surface area contributed by atoms with E-state index in [0.29, 0.717) is 11.3 Å². The highest BCUT2D eigenvalue weighted by Crippen LogP contribution is 2.32. The number of nitrogens with one attached hydrogen (secondary N) is 2. The molecule has 0 aliphatic rings. The summed E-state index contributed by atoms with van der Waals surface area (Å²) in [6.07, 6.45) is 1.20. The summed E-state index contributed by atoms with van der Waals surface area (Å²) >= 11 is 7.59. The Morgan fingerprint density at radius 2 is 1.33 bits per heavy atom. The Hall–Kier alpha value is -5.18. The van der Waals surface area contributed by atoms with Crippen molar-refractivity contribution in [2.45, 2.75) is 17.1 Å². The van der Waals surface area contributed by atoms with Gasteiger partial charge in [0.05, 0.1) is 10.3 Å². The maximum absolute atomic E-state index is 14.6. The van der Waals surface area contributed by atoms with Crippen LogP contribution in [0.1, 0.15) is 22.8 Å². The monoisotopic (exact) mass is 649 g/mol. The van der Waals surface area contributed by atoms with Gasteiger partial charge in [0.15, 0.2) is 0 Å². The van der Waals surface area contributed by atoms with Crippen molar-refractivity contribution in [3.8, 4) is 0 Å². The molecular weight excluding hydrogens is 621 g/mol. The average Bonchev–Trinajstić information content (AvgIpc) is 3.08. The molecule has 2 N–H and O–H groups in total. The van der Waals surface area contributed by atoms with Crippen LogP contribution in [0.3, 0.4) is 0 Å². The van der Waals surface area contributed by atoms with Crippen LogP contribution in [0.5, 0.6) is 0 Å². The van der Waals surface area contributed by atoms with Gasteiger partial charge in [0.1, 0.15) is 11.5 Å². The molecule has 5 aromatic rings. The molecule has 5 aromatic carbocycles. The van der Waals surface area contributed by atoms with E-state index >= 15 is 0 Å². The lowest BCUT2D eigenvalue weighted by atomic mass is 10.1. The van der Waals surface area contributed by atoms with E-state index < -0.39 is 22.9 Å². The first-order valence-corrected chi connectivity index (χ1v) is 15.6. The summed E-state index contributed by atoms with van der Waals surface area (Å²) < 4.78 is 14.6. The van der Waals surface area contributed by atoms with Crippen molar-refractivity contribution in [3.63, 3.8) is 0 Å². The third kappa shape index (κ3) is 8.10. The zero-order valence-corrected chi connectivity index (χ0v) is 26.3. The fraction of sp³-hybridized carbons (Fsp3) is 0.0541. The quantitative estimate of drug-likeness (QED) is 0.117. The van der Waals surface area contributed by atoms with Gasteiger partial charge in [0.25, 0.3) is 11.8 Å². The Labute approximate surface area is 275 Å². The van der Waals surface area contributed by atoms with Crippen LogP contribution in [0, 0.1) is 5.82 Å². The number of rotatable bonds is 10. The predicted octanol–water partition coefficient (Wildman–Crippen LogP) is 8.73. The van der Waals surface area contributed by atoms with Crippen molar-refractivity contribution in [1.29, 1.82) is 0 Å². The summed E-state index contributed by atoms with van der Waals surface area (Å²) in [6, 6.07) is 38.4. The van der Waals surface area contributed by atoms with Gasteiger partial charge in [0.2, 0.25) is 5.91 Å². The molecule has 3 amide bonds. The first kappa shape index (κ1) is 32.2. The van der Waals surface area contributed by atoms with Crippen molar-refractivity contribution < 1.29 is 18.8 Å². The first-order chi connectivity index (χ1) is 22.3. The maximum Gasteiger partial charge on any atom is 0.272 e. The summed E-state index contributed by atoms with van der Waals surface area (Å²) in [5.74, 6) is -1.95. The van der Waals surface area contributed by atoms with Crippen molar-refractivity contribution >= 4 is 64.2 Å². The lowest BCUT2D eigenvalue weighted by molar-refractivity contribution is -0.117. The number of hydrogen-bond acceptors (Lipinski definition) is 4. The highest BCUT2D eigenvalue weighted by molar-refractivity contribution is 8.00. The molecular formula is C37H29ClFN3O3S. The highest BCUT2D eigenvalue weighted by atomic mass is 35.5. The normalized spacial score (nSPS) is 11.8. The molecule has 0 spiro atoms. The van der Waals surface area contributed by atoms with Crippen molar-refractivity contribution in [3.05, 3.63) is 161 Å². The Kier molecular flexibility index (Phi) is 10.7. The van der Waals surface area contributed by atoms with E-state index in [1.165, 1.54) is 36.0 Å². The van der Waals surface area contributed by atoms with Gasteiger partial charge < -0.3 is 10.6 Å². The number of thioether (sulfide) groups is 1. The van der Waals surface area contributed by atoms with Crippen LogP contribution in [-0.2, 0) is 9.59 Å². The fourth-order valence-electron chi connectivity index (χ4n) is 4.54. The maximum atomic E-state index is 14.6. The van der Waals surface area contributed by atoms with E-state index in [1.807, 2.05) is 67.6 Å². The molecule has 1 unspecified atom stereocenters. The van der Waals surface area contributed by atoms with Crippen LogP contribution in [0.15, 0.2) is 144 Å². The zero-order valence-electron chi connectivity index (χ0n) is 24.7. The second kappa shape index (κ2) is 15.2. The Bertz CT molecular complexity index is 1790. The van der Waals surface area contributed by atoms with Crippen LogP contribution in [-0.4, -0.2) is 23.0 Å². The molecule has 5 rings (SSSR count). The summed E-state index contributed by atoms with van der Waals surface area (Å²) in [6.45, 7) is 1.85. The minimum atomic E-state index is -0.672. The SMILES string of the molecule is CC(Sc1ccc(NC(=O)/C(=C/c2c(F)cccc2Cl)NC(=O)c2ccccc2)cc1)C(=O)N(c1ccccc1)c1ccccc1. The Morgan fingerprint density at radius 1 is 0.761 bits per heavy atom. The number of para-hydroxylation sites is 2. The molecule has 0 aliphatic heterocycles. The fourth-order valence-corrected chi connectivity index (χ4v) is 5.67. The molecule has 0 aliphatic carbocycles. The smallest absolute Gasteiger partial charge is 0.272 e. The van der Waals surface area contributed by atoms with Gasteiger partial charge in [0, 0.05) is 33.1 Å². The molecule has 0 saturated heterocycles. The van der Waals surface area contributed by atoms with Gasteiger partial charge in [-0.05, 0) is 85.8 Å². The molecule has 0 saturated carbocycles. The van der Waals surface area contributed by atoms with Gasteiger partial charge in [-0.15, -0.1) is 11.8 Å². The van der Waals surface area contributed by atoms with Gasteiger partial charge in [-0.3, -0.25) is 19.3 Å². The molecule has 230 valence electrons. The molecule has 6 nitrogen and oxygen atoms in total. The van der Waals surface area contributed by atoms with Gasteiger partial charge in [-0.25, -0.2) is 4.39 Å². The number of halogens is 2.